The van der Waals surface area contributed by atoms with Gasteiger partial charge >= 0.3 is 0 Å². The first kappa shape index (κ1) is 54.7. The Labute approximate surface area is 373 Å². The number of benzene rings is 2. The zero-order chi connectivity index (χ0) is 44.9. The fourth-order valence-corrected chi connectivity index (χ4v) is 6.67. The zero-order valence-electron chi connectivity index (χ0n) is 38.6. The van der Waals surface area contributed by atoms with E-state index in [0.29, 0.717) is 85.9 Å². The van der Waals surface area contributed by atoms with E-state index in [2.05, 4.69) is 122 Å². The molecule has 350 valence electrons. The lowest BCUT2D eigenvalue weighted by Gasteiger charge is -2.23. The lowest BCUT2D eigenvalue weighted by atomic mass is 9.90. The smallest absolute Gasteiger partial charge is 0.199 e. The molecule has 0 aliphatic heterocycles. The highest BCUT2D eigenvalue weighted by molar-refractivity contribution is 6.04. The quantitative estimate of drug-likeness (QED) is 0.0585. The minimum atomic E-state index is 0.0359. The SMILES string of the molecule is CCN(CC)c1ccc(C(=C2C=CC(=[N+](CC)CCCCOCCOCCO)C=C2)c2ccc(N(CC)CC)cc2)cc1.OCCOCCOCCOCCOCCOCCO. The maximum atomic E-state index is 8.76. The second-order valence-electron chi connectivity index (χ2n) is 14.1. The summed E-state index contributed by atoms with van der Waals surface area (Å²) in [6.07, 6.45) is 11.2. The summed E-state index contributed by atoms with van der Waals surface area (Å²) >= 11 is 0. The van der Waals surface area contributed by atoms with Crippen molar-refractivity contribution in [3.05, 3.63) is 89.5 Å². The van der Waals surface area contributed by atoms with Crippen molar-refractivity contribution in [1.29, 1.82) is 0 Å². The van der Waals surface area contributed by atoms with E-state index in [1.54, 1.807) is 0 Å². The van der Waals surface area contributed by atoms with Crippen LogP contribution in [0.1, 0.15) is 58.6 Å². The maximum Gasteiger partial charge on any atom is 0.199 e. The second kappa shape index (κ2) is 37.0. The summed E-state index contributed by atoms with van der Waals surface area (Å²) in [6, 6.07) is 18.1. The van der Waals surface area contributed by atoms with Gasteiger partial charge in [0.2, 0.25) is 0 Å². The van der Waals surface area contributed by atoms with Gasteiger partial charge in [0.1, 0.15) is 13.1 Å². The molecule has 0 radical (unpaired) electrons. The van der Waals surface area contributed by atoms with E-state index in [9.17, 15) is 0 Å². The van der Waals surface area contributed by atoms with Crippen LogP contribution in [0.3, 0.4) is 0 Å². The summed E-state index contributed by atoms with van der Waals surface area (Å²) in [5, 5.41) is 25.7. The van der Waals surface area contributed by atoms with Crippen LogP contribution in [0.2, 0.25) is 0 Å². The highest BCUT2D eigenvalue weighted by Crippen LogP contribution is 2.32. The van der Waals surface area contributed by atoms with Gasteiger partial charge in [-0.15, -0.1) is 0 Å². The Morgan fingerprint density at radius 2 is 0.774 bits per heavy atom. The van der Waals surface area contributed by atoms with Crippen LogP contribution in [0, 0.1) is 0 Å². The van der Waals surface area contributed by atoms with Crippen molar-refractivity contribution in [3.63, 3.8) is 0 Å². The number of hydrogen-bond donors (Lipinski definition) is 3. The molecular formula is C49H80N3O10+. The van der Waals surface area contributed by atoms with Crippen molar-refractivity contribution in [3.8, 4) is 0 Å². The van der Waals surface area contributed by atoms with Crippen LogP contribution in [-0.2, 0) is 33.2 Å². The monoisotopic (exact) mass is 871 g/mol. The average molecular weight is 871 g/mol. The van der Waals surface area contributed by atoms with Gasteiger partial charge in [0.15, 0.2) is 5.71 Å². The molecule has 0 saturated carbocycles. The number of anilines is 2. The Hall–Kier alpha value is -3.47. The van der Waals surface area contributed by atoms with Gasteiger partial charge in [-0.2, -0.15) is 0 Å². The fourth-order valence-electron chi connectivity index (χ4n) is 6.67. The summed E-state index contributed by atoms with van der Waals surface area (Å²) in [6.45, 7) is 24.1. The van der Waals surface area contributed by atoms with E-state index < -0.39 is 0 Å². The Kier molecular flexibility index (Phi) is 32.6. The van der Waals surface area contributed by atoms with Crippen LogP contribution in [0.15, 0.2) is 78.4 Å². The van der Waals surface area contributed by atoms with Crippen molar-refractivity contribution in [2.45, 2.75) is 47.5 Å². The number of allylic oxidation sites excluding steroid dienone is 5. The highest BCUT2D eigenvalue weighted by atomic mass is 16.6. The van der Waals surface area contributed by atoms with Crippen LogP contribution in [0.4, 0.5) is 11.4 Å². The predicted molar refractivity (Wildman–Crippen MR) is 251 cm³/mol. The molecule has 2 aromatic rings. The van der Waals surface area contributed by atoms with Gasteiger partial charge in [0.05, 0.1) is 106 Å². The summed E-state index contributed by atoms with van der Waals surface area (Å²) < 4.78 is 39.1. The predicted octanol–water partition coefficient (Wildman–Crippen LogP) is 5.64. The summed E-state index contributed by atoms with van der Waals surface area (Å²) in [4.78, 5) is 4.77. The molecule has 0 fully saturated rings. The molecule has 0 saturated heterocycles. The molecule has 1 aliphatic carbocycles. The highest BCUT2D eigenvalue weighted by Gasteiger charge is 2.16. The molecule has 0 spiro atoms. The lowest BCUT2D eigenvalue weighted by molar-refractivity contribution is -0.523. The van der Waals surface area contributed by atoms with Crippen molar-refractivity contribution < 1.29 is 53.1 Å². The second-order valence-corrected chi connectivity index (χ2v) is 14.1. The van der Waals surface area contributed by atoms with Gasteiger partial charge in [0, 0.05) is 62.7 Å². The van der Waals surface area contributed by atoms with Crippen molar-refractivity contribution >= 4 is 22.7 Å². The molecule has 0 aromatic heterocycles. The largest absolute Gasteiger partial charge is 0.394 e. The maximum absolute atomic E-state index is 8.76. The normalized spacial score (nSPS) is 12.1. The molecule has 62 heavy (non-hydrogen) atoms. The molecule has 1 aliphatic rings. The number of hydrogen-bond acceptors (Lipinski definition) is 12. The van der Waals surface area contributed by atoms with Gasteiger partial charge in [-0.05, 0) is 99.7 Å². The number of aliphatic hydroxyl groups excluding tert-OH is 3. The zero-order valence-corrected chi connectivity index (χ0v) is 38.6. The van der Waals surface area contributed by atoms with Gasteiger partial charge < -0.3 is 58.3 Å². The average Bonchev–Trinajstić information content (AvgIpc) is 3.31. The molecule has 0 unspecified atom stereocenters. The Balaban J connectivity index is 0.000000585. The third-order valence-corrected chi connectivity index (χ3v) is 10.0. The number of ether oxygens (including phenoxy) is 7. The van der Waals surface area contributed by atoms with Gasteiger partial charge in [-0.1, -0.05) is 24.3 Å². The van der Waals surface area contributed by atoms with E-state index in [1.165, 1.54) is 39.4 Å². The van der Waals surface area contributed by atoms with Crippen molar-refractivity contribution in [2.75, 3.05) is 161 Å². The summed E-state index contributed by atoms with van der Waals surface area (Å²) in [5.74, 6) is 0. The van der Waals surface area contributed by atoms with Crippen LogP contribution >= 0.6 is 0 Å². The van der Waals surface area contributed by atoms with E-state index in [0.717, 1.165) is 58.7 Å². The van der Waals surface area contributed by atoms with Crippen molar-refractivity contribution in [1.82, 2.24) is 0 Å². The topological polar surface area (TPSA) is 135 Å². The number of rotatable bonds is 35. The summed E-state index contributed by atoms with van der Waals surface area (Å²) in [5.41, 5.74) is 8.72. The molecule has 0 atom stereocenters. The van der Waals surface area contributed by atoms with Gasteiger partial charge in [-0.3, -0.25) is 0 Å². The molecule has 13 nitrogen and oxygen atoms in total. The van der Waals surface area contributed by atoms with Crippen LogP contribution in [0.25, 0.3) is 5.57 Å². The van der Waals surface area contributed by atoms with E-state index in [-0.39, 0.29) is 19.8 Å². The first-order chi connectivity index (χ1) is 30.5. The molecule has 0 bridgehead atoms. The van der Waals surface area contributed by atoms with Gasteiger partial charge in [-0.25, -0.2) is 4.58 Å². The molecule has 2 aromatic carbocycles. The van der Waals surface area contributed by atoms with E-state index in [1.807, 2.05) is 0 Å². The fraction of sp³-hybridized carbons (Fsp3) is 0.612. The van der Waals surface area contributed by atoms with Crippen LogP contribution < -0.4 is 9.80 Å². The molecule has 0 amide bonds. The summed E-state index contributed by atoms with van der Waals surface area (Å²) in [7, 11) is 0. The third-order valence-electron chi connectivity index (χ3n) is 10.0. The number of aliphatic hydroxyl groups is 3. The standard InChI is InChI=1S/C37H54N3O3.C12H26O7/c1-6-38(7-2)34-19-13-31(14-20-34)37(32-15-21-35(22-16-32)39(8-3)9-4)33-17-23-36(24-18-33)40(10-5)25-11-12-27-42-29-30-43-28-26-41;13-1-3-15-5-7-17-9-11-19-12-10-18-8-6-16-4-2-14/h13-24,41H,6-12,25-30H2,1-5H3;13-14H,1-12H2/q+1;. The van der Waals surface area contributed by atoms with Crippen molar-refractivity contribution in [2.24, 2.45) is 0 Å². The minimum absolute atomic E-state index is 0.0359. The molecule has 3 N–H and O–H groups in total. The number of nitrogens with zero attached hydrogens (tertiary/aromatic N) is 3. The number of unbranched alkanes of at least 4 members (excludes halogenated alkanes) is 1. The Bertz CT molecular complexity index is 1420. The van der Waals surface area contributed by atoms with Crippen LogP contribution in [0.5, 0.6) is 0 Å². The minimum Gasteiger partial charge on any atom is -0.394 e. The Morgan fingerprint density at radius 1 is 0.435 bits per heavy atom. The lowest BCUT2D eigenvalue weighted by Crippen LogP contribution is -2.21. The first-order valence-electron chi connectivity index (χ1n) is 22.8. The molecule has 3 rings (SSSR count). The third kappa shape index (κ3) is 22.8. The Morgan fingerprint density at radius 3 is 1.10 bits per heavy atom. The van der Waals surface area contributed by atoms with E-state index in [4.69, 9.17) is 48.5 Å². The van der Waals surface area contributed by atoms with E-state index >= 15 is 0 Å². The van der Waals surface area contributed by atoms with Gasteiger partial charge in [0.25, 0.3) is 0 Å². The molecular weight excluding hydrogens is 791 g/mol. The molecule has 0 heterocycles. The molecule has 13 heteroatoms. The first-order valence-corrected chi connectivity index (χ1v) is 22.8. The van der Waals surface area contributed by atoms with Crippen LogP contribution in [-0.4, -0.2) is 177 Å².